The van der Waals surface area contributed by atoms with Gasteiger partial charge in [-0.2, -0.15) is 0 Å². The fraction of sp³-hybridized carbons (Fsp3) is 0.500. The molecule has 14 heteroatoms. The number of fused-ring (bicyclic) bond motifs is 4. The highest BCUT2D eigenvalue weighted by molar-refractivity contribution is 7.18. The van der Waals surface area contributed by atoms with E-state index in [2.05, 4.69) is 58.1 Å². The minimum absolute atomic E-state index is 0.0819. The number of carbonyl (C=O) groups excluding carboxylic acids is 4. The van der Waals surface area contributed by atoms with Crippen LogP contribution < -0.4 is 10.6 Å². The molecule has 2 unspecified atom stereocenters. The molecule has 2 aliphatic carbocycles. The van der Waals surface area contributed by atoms with Crippen LogP contribution in [0, 0.1) is 17.8 Å². The van der Waals surface area contributed by atoms with E-state index >= 15 is 0 Å². The summed E-state index contributed by atoms with van der Waals surface area (Å²) < 4.78 is 9.63. The summed E-state index contributed by atoms with van der Waals surface area (Å²) in [6, 6.07) is 14.1. The number of carbonyl (C=O) groups is 4. The van der Waals surface area contributed by atoms with Crippen LogP contribution in [0.2, 0.25) is 0 Å². The van der Waals surface area contributed by atoms with Crippen LogP contribution in [-0.2, 0) is 31.9 Å². The Bertz CT molecular complexity index is 2440. The largest absolute Gasteiger partial charge is 0.453 e. The number of aromatic amines is 1. The minimum atomic E-state index is -0.681. The van der Waals surface area contributed by atoms with Gasteiger partial charge in [-0.05, 0) is 126 Å². The second-order valence-corrected chi connectivity index (χ2v) is 19.3. The second-order valence-electron chi connectivity index (χ2n) is 18.3. The van der Waals surface area contributed by atoms with E-state index in [1.54, 1.807) is 11.3 Å². The Balaban J connectivity index is 0.932. The normalized spacial score (nSPS) is 22.2. The minimum Gasteiger partial charge on any atom is -0.453 e. The van der Waals surface area contributed by atoms with E-state index in [0.29, 0.717) is 31.3 Å². The zero-order valence-corrected chi connectivity index (χ0v) is 37.3. The van der Waals surface area contributed by atoms with Gasteiger partial charge in [-0.1, -0.05) is 45.9 Å². The summed E-state index contributed by atoms with van der Waals surface area (Å²) in [6.45, 7) is 8.97. The lowest BCUT2D eigenvalue weighted by Crippen LogP contribution is -2.53. The SMILES string of the molecule is COC(=O)N[C@H](C(=O)N1CCC[C@H]1C1=Nc2ccc(-c3ccc(-c4ccc(-c5cnc([C@@H]6CCCN6C(=O)[C@@H](NC(=O)OC)C(C)C)[nH]5)s4)c4c3C3CCC3C4)cc2C1)C(C)C. The quantitative estimate of drug-likeness (QED) is 0.136. The van der Waals surface area contributed by atoms with Crippen molar-refractivity contribution in [3.63, 3.8) is 0 Å². The lowest BCUT2D eigenvalue weighted by atomic mass is 9.73. The smallest absolute Gasteiger partial charge is 0.407 e. The molecule has 0 spiro atoms. The van der Waals surface area contributed by atoms with Crippen LogP contribution in [0.1, 0.15) is 101 Å². The molecule has 62 heavy (non-hydrogen) atoms. The molecule has 1 saturated carbocycles. The maximum absolute atomic E-state index is 13.8. The Labute approximate surface area is 367 Å². The number of amides is 4. The van der Waals surface area contributed by atoms with Crippen LogP contribution >= 0.6 is 11.3 Å². The van der Waals surface area contributed by atoms with Crippen molar-refractivity contribution in [3.05, 3.63) is 71.2 Å². The number of hydrogen-bond acceptors (Lipinski definition) is 9. The van der Waals surface area contributed by atoms with Gasteiger partial charge in [-0.15, -0.1) is 11.3 Å². The highest BCUT2D eigenvalue weighted by Crippen LogP contribution is 2.57. The average molecular weight is 860 g/mol. The fourth-order valence-corrected chi connectivity index (χ4v) is 11.6. The number of hydrogen-bond donors (Lipinski definition) is 3. The maximum Gasteiger partial charge on any atom is 0.407 e. The standard InChI is InChI=1S/C48H57N7O6S/c1-25(2)42(52-47(58)60-5)45(56)54-19-7-9-37(54)35-23-29-21-27(12-16-34(29)50-35)31-14-15-32(33-22-28-11-13-30(28)41(31)33)39-17-18-40(62-39)36-24-49-44(51-36)38-10-8-20-55(38)46(57)43(26(3)4)53-48(59)61-6/h12,14-18,21,24-26,28,30,37-38,42-43H,7-11,13,19-20,22-23H2,1-6H3,(H,49,51)(H,52,58)(H,53,59)/t28?,30?,37-,38-,42-,43-/m0/s1. The molecule has 4 amide bonds. The molecule has 3 fully saturated rings. The number of methoxy groups -OCH3 is 2. The molecule has 0 radical (unpaired) electrons. The third-order valence-corrected chi connectivity index (χ3v) is 15.1. The molecule has 9 rings (SSSR count). The Morgan fingerprint density at radius 3 is 2.08 bits per heavy atom. The van der Waals surface area contributed by atoms with Crippen LogP contribution in [0.25, 0.3) is 32.1 Å². The molecule has 6 atom stereocenters. The van der Waals surface area contributed by atoms with Crippen LogP contribution in [-0.4, -0.2) is 94.9 Å². The molecular formula is C48H57N7O6S. The Hall–Kier alpha value is -5.50. The first-order valence-electron chi connectivity index (χ1n) is 22.3. The van der Waals surface area contributed by atoms with Gasteiger partial charge in [-0.25, -0.2) is 14.6 Å². The van der Waals surface area contributed by atoms with Crippen molar-refractivity contribution in [1.29, 1.82) is 0 Å². The third kappa shape index (κ3) is 7.58. The average Bonchev–Trinajstić information content (AvgIpc) is 4.11. The van der Waals surface area contributed by atoms with Crippen LogP contribution in [0.15, 0.2) is 53.7 Å². The van der Waals surface area contributed by atoms with Crippen molar-refractivity contribution in [1.82, 2.24) is 30.4 Å². The van der Waals surface area contributed by atoms with Gasteiger partial charge in [-0.3, -0.25) is 14.6 Å². The number of nitrogens with zero attached hydrogens (tertiary/aromatic N) is 4. The lowest BCUT2D eigenvalue weighted by molar-refractivity contribution is -0.135. The molecule has 2 aromatic carbocycles. The number of H-pyrrole nitrogens is 1. The predicted molar refractivity (Wildman–Crippen MR) is 239 cm³/mol. The third-order valence-electron chi connectivity index (χ3n) is 13.9. The number of aromatic nitrogens is 2. The molecule has 2 saturated heterocycles. The van der Waals surface area contributed by atoms with Gasteiger partial charge in [0.15, 0.2) is 0 Å². The summed E-state index contributed by atoms with van der Waals surface area (Å²) in [6.07, 6.45) is 8.34. The molecule has 3 aliphatic heterocycles. The number of thiophene rings is 1. The number of imidazole rings is 1. The van der Waals surface area contributed by atoms with E-state index < -0.39 is 24.3 Å². The number of rotatable bonds is 11. The molecule has 326 valence electrons. The maximum atomic E-state index is 13.8. The van der Waals surface area contributed by atoms with Crippen molar-refractivity contribution in [2.75, 3.05) is 27.3 Å². The van der Waals surface area contributed by atoms with E-state index in [1.165, 1.54) is 65.3 Å². The van der Waals surface area contributed by atoms with Gasteiger partial charge in [0.05, 0.1) is 48.8 Å². The molecule has 13 nitrogen and oxygen atoms in total. The van der Waals surface area contributed by atoms with Crippen LogP contribution in [0.3, 0.4) is 0 Å². The second kappa shape index (κ2) is 17.0. The van der Waals surface area contributed by atoms with Crippen LogP contribution in [0.4, 0.5) is 15.3 Å². The highest BCUT2D eigenvalue weighted by atomic mass is 32.1. The van der Waals surface area contributed by atoms with Crippen LogP contribution in [0.5, 0.6) is 0 Å². The number of nitrogens with one attached hydrogen (secondary N) is 3. The fourth-order valence-electron chi connectivity index (χ4n) is 10.5. The molecule has 3 N–H and O–H groups in total. The van der Waals surface area contributed by atoms with E-state index in [0.717, 1.165) is 59.9 Å². The molecular weight excluding hydrogens is 803 g/mol. The zero-order valence-electron chi connectivity index (χ0n) is 36.5. The molecule has 2 aromatic heterocycles. The summed E-state index contributed by atoms with van der Waals surface area (Å²) in [7, 11) is 2.62. The van der Waals surface area contributed by atoms with Gasteiger partial charge >= 0.3 is 12.2 Å². The number of ether oxygens (including phenoxy) is 2. The Morgan fingerprint density at radius 2 is 1.44 bits per heavy atom. The predicted octanol–water partition coefficient (Wildman–Crippen LogP) is 8.57. The number of benzene rings is 2. The first-order chi connectivity index (χ1) is 29.9. The van der Waals surface area contributed by atoms with Crippen molar-refractivity contribution < 1.29 is 28.7 Å². The van der Waals surface area contributed by atoms with Gasteiger partial charge < -0.3 is 34.9 Å². The van der Waals surface area contributed by atoms with Crippen molar-refractivity contribution in [2.45, 2.75) is 109 Å². The Kier molecular flexibility index (Phi) is 11.5. The number of alkyl carbamates (subject to hydrolysis) is 2. The summed E-state index contributed by atoms with van der Waals surface area (Å²) in [5, 5.41) is 5.49. The van der Waals surface area contributed by atoms with Gasteiger partial charge in [0.2, 0.25) is 11.8 Å². The van der Waals surface area contributed by atoms with Gasteiger partial charge in [0, 0.05) is 30.1 Å². The first-order valence-corrected chi connectivity index (χ1v) is 23.1. The van der Waals surface area contributed by atoms with Gasteiger partial charge in [0.1, 0.15) is 17.9 Å². The number of aliphatic imine (C=N–C) groups is 1. The van der Waals surface area contributed by atoms with E-state index in [9.17, 15) is 19.2 Å². The monoisotopic (exact) mass is 859 g/mol. The van der Waals surface area contributed by atoms with Gasteiger partial charge in [0.25, 0.3) is 0 Å². The molecule has 4 aromatic rings. The van der Waals surface area contributed by atoms with Crippen molar-refractivity contribution >= 4 is 46.7 Å². The van der Waals surface area contributed by atoms with E-state index in [-0.39, 0.29) is 35.7 Å². The molecule has 5 aliphatic rings. The van der Waals surface area contributed by atoms with E-state index in [1.807, 2.05) is 43.7 Å². The number of likely N-dealkylation sites (tertiary alicyclic amines) is 2. The van der Waals surface area contributed by atoms with E-state index in [4.69, 9.17) is 19.5 Å². The topological polar surface area (TPSA) is 158 Å². The highest BCUT2D eigenvalue weighted by Gasteiger charge is 2.43. The summed E-state index contributed by atoms with van der Waals surface area (Å²) in [4.78, 5) is 71.2. The zero-order chi connectivity index (χ0) is 43.4. The summed E-state index contributed by atoms with van der Waals surface area (Å²) in [5.74, 6) is 1.62. The van der Waals surface area contributed by atoms with Crippen molar-refractivity contribution in [2.24, 2.45) is 22.7 Å². The molecule has 0 bridgehead atoms. The lowest BCUT2D eigenvalue weighted by Gasteiger charge is -2.31. The summed E-state index contributed by atoms with van der Waals surface area (Å²) in [5.41, 5.74) is 10.9. The Morgan fingerprint density at radius 1 is 0.790 bits per heavy atom. The molecule has 5 heterocycles. The summed E-state index contributed by atoms with van der Waals surface area (Å²) >= 11 is 1.77. The first kappa shape index (κ1) is 41.8. The van der Waals surface area contributed by atoms with Crippen molar-refractivity contribution in [3.8, 4) is 32.1 Å².